The van der Waals surface area contributed by atoms with Crippen molar-refractivity contribution in [1.29, 1.82) is 0 Å². The van der Waals surface area contributed by atoms with Crippen molar-refractivity contribution >= 4 is 17.7 Å². The SMILES string of the molecule is CNc1nc(C)cc(NC2CCC(=O)N(C)C2)n1. The lowest BCUT2D eigenvalue weighted by Gasteiger charge is -2.30. The van der Waals surface area contributed by atoms with Crippen LogP contribution in [0.3, 0.4) is 0 Å². The lowest BCUT2D eigenvalue weighted by Crippen LogP contribution is -2.43. The highest BCUT2D eigenvalue weighted by atomic mass is 16.2. The van der Waals surface area contributed by atoms with Crippen LogP contribution in [0.4, 0.5) is 11.8 Å². The van der Waals surface area contributed by atoms with Gasteiger partial charge in [-0.15, -0.1) is 0 Å². The molecule has 1 amide bonds. The molecule has 0 bridgehead atoms. The standard InChI is InChI=1S/C12H19N5O/c1-8-6-10(16-12(13-2)14-8)15-9-4-5-11(18)17(3)7-9/h6,9H,4-5,7H2,1-3H3,(H2,13,14,15,16). The highest BCUT2D eigenvalue weighted by Gasteiger charge is 2.22. The van der Waals surface area contributed by atoms with Gasteiger partial charge in [-0.05, 0) is 13.3 Å². The minimum Gasteiger partial charge on any atom is -0.365 e. The summed E-state index contributed by atoms with van der Waals surface area (Å²) in [7, 11) is 3.63. The fourth-order valence-corrected chi connectivity index (χ4v) is 2.09. The maximum absolute atomic E-state index is 11.4. The minimum absolute atomic E-state index is 0.211. The van der Waals surface area contributed by atoms with Crippen LogP contribution >= 0.6 is 0 Å². The van der Waals surface area contributed by atoms with Gasteiger partial charge in [-0.2, -0.15) is 4.98 Å². The number of rotatable bonds is 3. The molecule has 0 aliphatic carbocycles. The fourth-order valence-electron chi connectivity index (χ4n) is 2.09. The van der Waals surface area contributed by atoms with Crippen LogP contribution < -0.4 is 10.6 Å². The van der Waals surface area contributed by atoms with Crippen molar-refractivity contribution in [1.82, 2.24) is 14.9 Å². The van der Waals surface area contributed by atoms with Gasteiger partial charge in [0.15, 0.2) is 0 Å². The van der Waals surface area contributed by atoms with Crippen molar-refractivity contribution < 1.29 is 4.79 Å². The molecule has 1 atom stereocenters. The quantitative estimate of drug-likeness (QED) is 0.831. The average Bonchev–Trinajstić information content (AvgIpc) is 2.33. The van der Waals surface area contributed by atoms with Crippen LogP contribution in [0.5, 0.6) is 0 Å². The smallest absolute Gasteiger partial charge is 0.224 e. The third-order valence-corrected chi connectivity index (χ3v) is 3.06. The molecule has 1 saturated heterocycles. The molecule has 0 radical (unpaired) electrons. The summed E-state index contributed by atoms with van der Waals surface area (Å²) in [4.78, 5) is 21.8. The van der Waals surface area contributed by atoms with Gasteiger partial charge < -0.3 is 15.5 Å². The van der Waals surface area contributed by atoms with E-state index in [1.54, 1.807) is 11.9 Å². The molecule has 0 saturated carbocycles. The first-order chi connectivity index (χ1) is 8.58. The van der Waals surface area contributed by atoms with Gasteiger partial charge >= 0.3 is 0 Å². The van der Waals surface area contributed by atoms with Crippen molar-refractivity contribution in [2.24, 2.45) is 0 Å². The third-order valence-electron chi connectivity index (χ3n) is 3.06. The molecule has 98 valence electrons. The largest absolute Gasteiger partial charge is 0.365 e. The second-order valence-electron chi connectivity index (χ2n) is 4.62. The van der Waals surface area contributed by atoms with Crippen molar-refractivity contribution in [3.8, 4) is 0 Å². The number of piperidine rings is 1. The lowest BCUT2D eigenvalue weighted by molar-refractivity contribution is -0.132. The Balaban J connectivity index is 2.05. The fraction of sp³-hybridized carbons (Fsp3) is 0.583. The molecule has 1 aromatic heterocycles. The zero-order valence-corrected chi connectivity index (χ0v) is 11.0. The number of likely N-dealkylation sites (N-methyl/N-ethyl adjacent to an activating group) is 1. The van der Waals surface area contributed by atoms with Crippen molar-refractivity contribution in [3.63, 3.8) is 0 Å². The Morgan fingerprint density at radius 2 is 2.22 bits per heavy atom. The summed E-state index contributed by atoms with van der Waals surface area (Å²) in [5.41, 5.74) is 0.914. The predicted octanol–water partition coefficient (Wildman–Crippen LogP) is 0.859. The number of nitrogens with one attached hydrogen (secondary N) is 2. The minimum atomic E-state index is 0.211. The Labute approximate surface area is 107 Å². The van der Waals surface area contributed by atoms with E-state index >= 15 is 0 Å². The summed E-state index contributed by atoms with van der Waals surface area (Å²) >= 11 is 0. The van der Waals surface area contributed by atoms with E-state index in [0.717, 1.165) is 24.5 Å². The van der Waals surface area contributed by atoms with E-state index in [9.17, 15) is 4.79 Å². The molecule has 2 rings (SSSR count). The van der Waals surface area contributed by atoms with Gasteiger partial charge in [0.1, 0.15) is 5.82 Å². The van der Waals surface area contributed by atoms with Crippen LogP contribution in [0.25, 0.3) is 0 Å². The second-order valence-corrected chi connectivity index (χ2v) is 4.62. The number of likely N-dealkylation sites (tertiary alicyclic amines) is 1. The zero-order valence-electron chi connectivity index (χ0n) is 11.0. The van der Waals surface area contributed by atoms with Crippen LogP contribution in [-0.2, 0) is 4.79 Å². The molecule has 6 heteroatoms. The lowest BCUT2D eigenvalue weighted by atomic mass is 10.1. The van der Waals surface area contributed by atoms with Gasteiger partial charge in [-0.3, -0.25) is 4.79 Å². The summed E-state index contributed by atoms with van der Waals surface area (Å²) in [6.07, 6.45) is 1.44. The molecule has 18 heavy (non-hydrogen) atoms. The van der Waals surface area contributed by atoms with Crippen molar-refractivity contribution in [2.75, 3.05) is 31.3 Å². The molecule has 1 aliphatic heterocycles. The number of hydrogen-bond acceptors (Lipinski definition) is 5. The van der Waals surface area contributed by atoms with Crippen LogP contribution in [0.2, 0.25) is 0 Å². The van der Waals surface area contributed by atoms with E-state index in [1.807, 2.05) is 20.0 Å². The van der Waals surface area contributed by atoms with Gasteiger partial charge in [-0.25, -0.2) is 4.98 Å². The predicted molar refractivity (Wildman–Crippen MR) is 70.6 cm³/mol. The Bertz CT molecular complexity index is 448. The maximum Gasteiger partial charge on any atom is 0.224 e. The van der Waals surface area contributed by atoms with Gasteiger partial charge in [0.05, 0.1) is 0 Å². The first-order valence-corrected chi connectivity index (χ1v) is 6.12. The molecular formula is C12H19N5O. The number of carbonyl (C=O) groups is 1. The molecule has 2 N–H and O–H groups in total. The van der Waals surface area contributed by atoms with E-state index in [2.05, 4.69) is 20.6 Å². The van der Waals surface area contributed by atoms with Gasteiger partial charge in [0, 0.05) is 44.9 Å². The Morgan fingerprint density at radius 1 is 1.44 bits per heavy atom. The first kappa shape index (κ1) is 12.6. The summed E-state index contributed by atoms with van der Waals surface area (Å²) in [5, 5.41) is 6.30. The van der Waals surface area contributed by atoms with Crippen LogP contribution in [0.1, 0.15) is 18.5 Å². The first-order valence-electron chi connectivity index (χ1n) is 6.12. The zero-order chi connectivity index (χ0) is 13.1. The Morgan fingerprint density at radius 3 is 2.89 bits per heavy atom. The molecule has 1 aromatic rings. The molecule has 0 spiro atoms. The highest BCUT2D eigenvalue weighted by molar-refractivity contribution is 5.77. The monoisotopic (exact) mass is 249 g/mol. The molecule has 1 aliphatic rings. The van der Waals surface area contributed by atoms with E-state index < -0.39 is 0 Å². The number of carbonyl (C=O) groups excluding carboxylic acids is 1. The second kappa shape index (κ2) is 5.20. The summed E-state index contributed by atoms with van der Waals surface area (Å²) < 4.78 is 0. The average molecular weight is 249 g/mol. The van der Waals surface area contributed by atoms with Crippen molar-refractivity contribution in [2.45, 2.75) is 25.8 Å². The van der Waals surface area contributed by atoms with Crippen LogP contribution in [0.15, 0.2) is 6.07 Å². The Hall–Kier alpha value is -1.85. The van der Waals surface area contributed by atoms with Crippen LogP contribution in [-0.4, -0.2) is 47.5 Å². The highest BCUT2D eigenvalue weighted by Crippen LogP contribution is 2.16. The molecule has 1 unspecified atom stereocenters. The number of amides is 1. The summed E-state index contributed by atoms with van der Waals surface area (Å²) in [6.45, 7) is 2.65. The molecule has 6 nitrogen and oxygen atoms in total. The van der Waals surface area contributed by atoms with E-state index in [1.165, 1.54) is 0 Å². The number of anilines is 2. The maximum atomic E-state index is 11.4. The number of aryl methyl sites for hydroxylation is 1. The van der Waals surface area contributed by atoms with E-state index in [4.69, 9.17) is 0 Å². The number of hydrogen-bond donors (Lipinski definition) is 2. The number of aromatic nitrogens is 2. The van der Waals surface area contributed by atoms with Gasteiger partial charge in [0.25, 0.3) is 0 Å². The van der Waals surface area contributed by atoms with E-state index in [-0.39, 0.29) is 11.9 Å². The molecule has 2 heterocycles. The number of nitrogens with zero attached hydrogens (tertiary/aromatic N) is 3. The molecular weight excluding hydrogens is 230 g/mol. The Kier molecular flexibility index (Phi) is 3.64. The summed E-state index contributed by atoms with van der Waals surface area (Å²) in [6, 6.07) is 2.17. The molecule has 1 fully saturated rings. The van der Waals surface area contributed by atoms with Gasteiger partial charge in [-0.1, -0.05) is 0 Å². The molecule has 0 aromatic carbocycles. The van der Waals surface area contributed by atoms with Crippen LogP contribution in [0, 0.1) is 6.92 Å². The third kappa shape index (κ3) is 2.88. The normalized spacial score (nSPS) is 19.8. The van der Waals surface area contributed by atoms with Crippen molar-refractivity contribution in [3.05, 3.63) is 11.8 Å². The van der Waals surface area contributed by atoms with Gasteiger partial charge in [0.2, 0.25) is 11.9 Å². The van der Waals surface area contributed by atoms with E-state index in [0.29, 0.717) is 12.4 Å². The summed E-state index contributed by atoms with van der Waals surface area (Å²) in [5.74, 6) is 1.63. The topological polar surface area (TPSA) is 70.2 Å².